The minimum absolute atomic E-state index is 0.0721. The van der Waals surface area contributed by atoms with Crippen molar-refractivity contribution >= 4 is 5.78 Å². The van der Waals surface area contributed by atoms with E-state index in [-0.39, 0.29) is 11.7 Å². The van der Waals surface area contributed by atoms with E-state index in [4.69, 9.17) is 4.52 Å². The van der Waals surface area contributed by atoms with Crippen LogP contribution in [0.5, 0.6) is 0 Å². The molecule has 1 atom stereocenters. The lowest BCUT2D eigenvalue weighted by atomic mass is 10.1. The summed E-state index contributed by atoms with van der Waals surface area (Å²) in [7, 11) is 0. The van der Waals surface area contributed by atoms with Gasteiger partial charge in [0.1, 0.15) is 17.8 Å². The third-order valence-corrected chi connectivity index (χ3v) is 2.45. The average molecular weight is 232 g/mol. The predicted molar refractivity (Wildman–Crippen MR) is 59.0 cm³/mol. The summed E-state index contributed by atoms with van der Waals surface area (Å²) < 4.78 is 5.06. The number of ketones is 1. The largest absolute Gasteiger partial charge is 0.338 e. The molecule has 0 aliphatic rings. The summed E-state index contributed by atoms with van der Waals surface area (Å²) in [5.74, 6) is 0.398. The first-order valence-corrected chi connectivity index (χ1v) is 5.35. The molecule has 0 bridgehead atoms. The summed E-state index contributed by atoms with van der Waals surface area (Å²) in [5.41, 5.74) is 0.575. The minimum atomic E-state index is -0.372. The second-order valence-corrected chi connectivity index (χ2v) is 3.59. The first kappa shape index (κ1) is 11.4. The van der Waals surface area contributed by atoms with Crippen molar-refractivity contribution in [1.82, 2.24) is 20.1 Å². The molecule has 1 unspecified atom stereocenters. The van der Waals surface area contributed by atoms with E-state index in [1.807, 2.05) is 0 Å². The van der Waals surface area contributed by atoms with Crippen LogP contribution in [0.1, 0.15) is 32.1 Å². The lowest BCUT2D eigenvalue weighted by Crippen LogP contribution is -2.07. The molecule has 0 fully saturated rings. The molecule has 0 saturated heterocycles. The van der Waals surface area contributed by atoms with Crippen LogP contribution < -0.4 is 0 Å². The second kappa shape index (κ2) is 4.82. The van der Waals surface area contributed by atoms with Gasteiger partial charge >= 0.3 is 0 Å². The Hall–Kier alpha value is -2.11. The maximum absolute atomic E-state index is 11.5. The Bertz CT molecular complexity index is 509. The van der Waals surface area contributed by atoms with E-state index in [2.05, 4.69) is 20.1 Å². The van der Waals surface area contributed by atoms with Gasteiger partial charge in [-0.1, -0.05) is 12.1 Å². The molecule has 0 aliphatic heterocycles. The Balaban J connectivity index is 2.25. The SMILES string of the molecule is CCC(=O)C(C)c1nc(-c2ccncn2)no1. The molecule has 88 valence electrons. The Kier molecular flexibility index (Phi) is 3.22. The van der Waals surface area contributed by atoms with E-state index in [0.29, 0.717) is 23.8 Å². The van der Waals surface area contributed by atoms with Crippen LogP contribution >= 0.6 is 0 Å². The minimum Gasteiger partial charge on any atom is -0.338 e. The van der Waals surface area contributed by atoms with Crippen LogP contribution in [0.15, 0.2) is 23.1 Å². The molecule has 2 aromatic heterocycles. The van der Waals surface area contributed by atoms with Gasteiger partial charge in [-0.15, -0.1) is 0 Å². The van der Waals surface area contributed by atoms with Gasteiger partial charge in [-0.2, -0.15) is 4.98 Å². The Morgan fingerprint density at radius 3 is 3.00 bits per heavy atom. The van der Waals surface area contributed by atoms with Crippen molar-refractivity contribution in [3.8, 4) is 11.5 Å². The molecule has 6 nitrogen and oxygen atoms in total. The first-order chi connectivity index (χ1) is 8.22. The van der Waals surface area contributed by atoms with Crippen molar-refractivity contribution in [3.63, 3.8) is 0 Å². The summed E-state index contributed by atoms with van der Waals surface area (Å²) in [6.07, 6.45) is 3.46. The highest BCUT2D eigenvalue weighted by Crippen LogP contribution is 2.19. The van der Waals surface area contributed by atoms with Gasteiger partial charge in [0.05, 0.1) is 5.92 Å². The fourth-order valence-corrected chi connectivity index (χ4v) is 1.38. The molecule has 0 spiro atoms. The number of aromatic nitrogens is 4. The van der Waals surface area contributed by atoms with Crippen LogP contribution in [-0.4, -0.2) is 25.9 Å². The van der Waals surface area contributed by atoms with Gasteiger partial charge in [-0.25, -0.2) is 9.97 Å². The van der Waals surface area contributed by atoms with Crippen molar-refractivity contribution in [1.29, 1.82) is 0 Å². The molecule has 0 N–H and O–H groups in total. The van der Waals surface area contributed by atoms with Gasteiger partial charge < -0.3 is 4.52 Å². The Morgan fingerprint density at radius 2 is 2.35 bits per heavy atom. The maximum atomic E-state index is 11.5. The summed E-state index contributed by atoms with van der Waals surface area (Å²) in [5, 5.41) is 3.80. The van der Waals surface area contributed by atoms with Crippen molar-refractivity contribution in [2.75, 3.05) is 0 Å². The van der Waals surface area contributed by atoms with Gasteiger partial charge in [0, 0.05) is 12.6 Å². The third kappa shape index (κ3) is 2.35. The number of rotatable bonds is 4. The number of Topliss-reactive ketones (excluding diaryl/α,β-unsaturated/α-hetero) is 1. The standard InChI is InChI=1S/C11H12N4O2/c1-3-9(16)7(2)11-14-10(15-17-11)8-4-5-12-6-13-8/h4-7H,3H2,1-2H3. The van der Waals surface area contributed by atoms with E-state index < -0.39 is 0 Å². The monoisotopic (exact) mass is 232 g/mol. The lowest BCUT2D eigenvalue weighted by Gasteiger charge is -2.01. The smallest absolute Gasteiger partial charge is 0.237 e. The van der Waals surface area contributed by atoms with Gasteiger partial charge in [0.15, 0.2) is 0 Å². The molecular weight excluding hydrogens is 220 g/mol. The number of nitrogens with zero attached hydrogens (tertiary/aromatic N) is 4. The van der Waals surface area contributed by atoms with Crippen molar-refractivity contribution in [2.45, 2.75) is 26.2 Å². The van der Waals surface area contributed by atoms with Gasteiger partial charge in [0.2, 0.25) is 11.7 Å². The zero-order chi connectivity index (χ0) is 12.3. The van der Waals surface area contributed by atoms with E-state index in [0.717, 1.165) is 0 Å². The first-order valence-electron chi connectivity index (χ1n) is 5.35. The van der Waals surface area contributed by atoms with Crippen molar-refractivity contribution in [3.05, 3.63) is 24.5 Å². The van der Waals surface area contributed by atoms with Crippen LogP contribution in [0, 0.1) is 0 Å². The summed E-state index contributed by atoms with van der Waals surface area (Å²) in [6, 6.07) is 1.68. The normalized spacial score (nSPS) is 12.4. The third-order valence-electron chi connectivity index (χ3n) is 2.45. The quantitative estimate of drug-likeness (QED) is 0.796. The molecule has 0 saturated carbocycles. The zero-order valence-electron chi connectivity index (χ0n) is 9.62. The molecule has 0 aliphatic carbocycles. The van der Waals surface area contributed by atoms with Crippen LogP contribution in [0.2, 0.25) is 0 Å². The molecule has 0 amide bonds. The second-order valence-electron chi connectivity index (χ2n) is 3.59. The highest BCUT2D eigenvalue weighted by molar-refractivity contribution is 5.84. The molecular formula is C11H12N4O2. The molecule has 2 heterocycles. The van der Waals surface area contributed by atoms with E-state index >= 15 is 0 Å². The van der Waals surface area contributed by atoms with Gasteiger partial charge in [-0.3, -0.25) is 4.79 Å². The van der Waals surface area contributed by atoms with E-state index in [1.54, 1.807) is 26.1 Å². The van der Waals surface area contributed by atoms with E-state index in [9.17, 15) is 4.79 Å². The molecule has 2 aromatic rings. The summed E-state index contributed by atoms with van der Waals surface area (Å²) >= 11 is 0. The molecule has 17 heavy (non-hydrogen) atoms. The van der Waals surface area contributed by atoms with Crippen molar-refractivity contribution < 1.29 is 9.32 Å². The average Bonchev–Trinajstić information content (AvgIpc) is 2.87. The van der Waals surface area contributed by atoms with Crippen LogP contribution in [0.4, 0.5) is 0 Å². The van der Waals surface area contributed by atoms with Crippen molar-refractivity contribution in [2.24, 2.45) is 0 Å². The predicted octanol–water partition coefficient (Wildman–Crippen LogP) is 1.61. The number of carbonyl (C=O) groups excluding carboxylic acids is 1. The fraction of sp³-hybridized carbons (Fsp3) is 0.364. The molecule has 0 radical (unpaired) electrons. The van der Waals surface area contributed by atoms with Gasteiger partial charge in [0.25, 0.3) is 0 Å². The van der Waals surface area contributed by atoms with Crippen LogP contribution in [0.25, 0.3) is 11.5 Å². The molecule has 0 aromatic carbocycles. The summed E-state index contributed by atoms with van der Waals surface area (Å²) in [4.78, 5) is 23.5. The van der Waals surface area contributed by atoms with Crippen LogP contribution in [0.3, 0.4) is 0 Å². The van der Waals surface area contributed by atoms with Gasteiger partial charge in [-0.05, 0) is 13.0 Å². The van der Waals surface area contributed by atoms with E-state index in [1.165, 1.54) is 6.33 Å². The highest BCUT2D eigenvalue weighted by atomic mass is 16.5. The maximum Gasteiger partial charge on any atom is 0.237 e. The molecule has 2 rings (SSSR count). The Morgan fingerprint density at radius 1 is 1.53 bits per heavy atom. The zero-order valence-corrected chi connectivity index (χ0v) is 9.62. The lowest BCUT2D eigenvalue weighted by molar-refractivity contribution is -0.120. The highest BCUT2D eigenvalue weighted by Gasteiger charge is 2.20. The van der Waals surface area contributed by atoms with Crippen LogP contribution in [-0.2, 0) is 4.79 Å². The molecule has 6 heteroatoms. The topological polar surface area (TPSA) is 81.8 Å². The number of hydrogen-bond acceptors (Lipinski definition) is 6. The number of carbonyl (C=O) groups is 1. The fourth-order valence-electron chi connectivity index (χ4n) is 1.38. The summed E-state index contributed by atoms with van der Waals surface area (Å²) in [6.45, 7) is 3.56. The number of hydrogen-bond donors (Lipinski definition) is 0. The Labute approximate surface area is 98.1 Å².